The van der Waals surface area contributed by atoms with E-state index in [1.807, 2.05) is 0 Å². The number of amides is 1. The second-order valence-electron chi connectivity index (χ2n) is 7.66. The van der Waals surface area contributed by atoms with Gasteiger partial charge in [0.2, 0.25) is 10.0 Å². The minimum absolute atomic E-state index is 0.00238. The number of piperidine rings is 1. The molecule has 1 N–H and O–H groups in total. The number of hydrogen-bond donors (Lipinski definition) is 1. The van der Waals surface area contributed by atoms with Crippen LogP contribution in [0.15, 0.2) is 66.0 Å². The van der Waals surface area contributed by atoms with Crippen molar-refractivity contribution < 1.29 is 26.4 Å². The zero-order valence-corrected chi connectivity index (χ0v) is 18.2. The van der Waals surface area contributed by atoms with Gasteiger partial charge in [-0.15, -0.1) is 0 Å². The van der Waals surface area contributed by atoms with Crippen LogP contribution in [0.2, 0.25) is 0 Å². The van der Waals surface area contributed by atoms with E-state index in [0.717, 1.165) is 31.4 Å². The third kappa shape index (κ3) is 5.09. The molecule has 1 aliphatic rings. The summed E-state index contributed by atoms with van der Waals surface area (Å²) in [6, 6.07) is 10.5. The Morgan fingerprint density at radius 2 is 1.70 bits per heavy atom. The van der Waals surface area contributed by atoms with Crippen molar-refractivity contribution in [1.82, 2.24) is 13.9 Å². The lowest BCUT2D eigenvalue weighted by Crippen LogP contribution is -2.35. The van der Waals surface area contributed by atoms with E-state index in [1.165, 1.54) is 45.7 Å². The van der Waals surface area contributed by atoms with Crippen molar-refractivity contribution >= 4 is 21.6 Å². The van der Waals surface area contributed by atoms with Crippen molar-refractivity contribution in [2.24, 2.45) is 0 Å². The standard InChI is InChI=1S/C22H21F3N4O3S/c23-22(24,25)16-5-4-6-17(13-16)27-21(30)20-14-28(15-26-20)18-7-9-19(10-8-18)33(31,32)29-11-2-1-3-12-29/h4-10,13-15H,1-3,11-12H2,(H,27,30). The van der Waals surface area contributed by atoms with Crippen LogP contribution in [0.3, 0.4) is 0 Å². The Bertz CT molecular complexity index is 1250. The van der Waals surface area contributed by atoms with E-state index < -0.39 is 27.7 Å². The summed E-state index contributed by atoms with van der Waals surface area (Å²) in [5.74, 6) is -0.669. The van der Waals surface area contributed by atoms with Crippen LogP contribution in [-0.4, -0.2) is 41.3 Å². The number of imidazole rings is 1. The number of rotatable bonds is 5. The lowest BCUT2D eigenvalue weighted by Gasteiger charge is -2.25. The Hall–Kier alpha value is -3.18. The molecule has 0 atom stereocenters. The Labute approximate surface area is 188 Å². The number of carbonyl (C=O) groups is 1. The van der Waals surface area contributed by atoms with Crippen LogP contribution in [0.25, 0.3) is 5.69 Å². The van der Waals surface area contributed by atoms with Crippen molar-refractivity contribution in [1.29, 1.82) is 0 Å². The van der Waals surface area contributed by atoms with Crippen LogP contribution in [0.4, 0.5) is 18.9 Å². The van der Waals surface area contributed by atoms with Crippen LogP contribution >= 0.6 is 0 Å². The molecule has 2 heterocycles. The molecule has 0 unspecified atom stereocenters. The minimum Gasteiger partial charge on any atom is -0.321 e. The number of benzene rings is 2. The van der Waals surface area contributed by atoms with Crippen molar-refractivity contribution in [3.05, 3.63) is 72.3 Å². The summed E-state index contributed by atoms with van der Waals surface area (Å²) >= 11 is 0. The number of nitrogens with zero attached hydrogens (tertiary/aromatic N) is 3. The number of alkyl halides is 3. The summed E-state index contributed by atoms with van der Waals surface area (Å²) in [7, 11) is -3.55. The Morgan fingerprint density at radius 1 is 1.00 bits per heavy atom. The first-order chi connectivity index (χ1) is 15.6. The molecule has 11 heteroatoms. The monoisotopic (exact) mass is 478 g/mol. The first-order valence-electron chi connectivity index (χ1n) is 10.3. The quantitative estimate of drug-likeness (QED) is 0.592. The van der Waals surface area contributed by atoms with Crippen LogP contribution in [0, 0.1) is 0 Å². The summed E-state index contributed by atoms with van der Waals surface area (Å²) in [6.45, 7) is 1.02. The molecule has 1 aliphatic heterocycles. The normalized spacial score (nSPS) is 15.4. The largest absolute Gasteiger partial charge is 0.416 e. The van der Waals surface area contributed by atoms with Gasteiger partial charge in [-0.05, 0) is 55.3 Å². The van der Waals surface area contributed by atoms with Crippen molar-refractivity contribution in [3.63, 3.8) is 0 Å². The van der Waals surface area contributed by atoms with Gasteiger partial charge in [-0.1, -0.05) is 12.5 Å². The summed E-state index contributed by atoms with van der Waals surface area (Å²) in [4.78, 5) is 16.6. The molecule has 174 valence electrons. The van der Waals surface area contributed by atoms with Crippen LogP contribution < -0.4 is 5.32 Å². The molecular weight excluding hydrogens is 457 g/mol. The van der Waals surface area contributed by atoms with Gasteiger partial charge >= 0.3 is 6.18 Å². The minimum atomic E-state index is -4.52. The second kappa shape index (κ2) is 8.99. The lowest BCUT2D eigenvalue weighted by molar-refractivity contribution is -0.137. The summed E-state index contributed by atoms with van der Waals surface area (Å²) in [5, 5.41) is 2.40. The van der Waals surface area contributed by atoms with Crippen molar-refractivity contribution in [2.75, 3.05) is 18.4 Å². The van der Waals surface area contributed by atoms with Gasteiger partial charge < -0.3 is 9.88 Å². The third-order valence-electron chi connectivity index (χ3n) is 5.35. The molecular formula is C22H21F3N4O3S. The van der Waals surface area contributed by atoms with E-state index >= 15 is 0 Å². The first kappa shape index (κ1) is 23.0. The van der Waals surface area contributed by atoms with E-state index in [9.17, 15) is 26.4 Å². The SMILES string of the molecule is O=C(Nc1cccc(C(F)(F)F)c1)c1cn(-c2ccc(S(=O)(=O)N3CCCCC3)cc2)cn1. The number of aromatic nitrogens is 2. The molecule has 2 aromatic carbocycles. The topological polar surface area (TPSA) is 84.3 Å². The van der Waals surface area contributed by atoms with E-state index in [4.69, 9.17) is 0 Å². The number of halogens is 3. The highest BCUT2D eigenvalue weighted by molar-refractivity contribution is 7.89. The number of carbonyl (C=O) groups excluding carboxylic acids is 1. The summed E-state index contributed by atoms with van der Waals surface area (Å²) < 4.78 is 67.1. The molecule has 0 bridgehead atoms. The highest BCUT2D eigenvalue weighted by Crippen LogP contribution is 2.30. The predicted octanol–water partition coefficient (Wildman–Crippen LogP) is 4.32. The third-order valence-corrected chi connectivity index (χ3v) is 7.26. The van der Waals surface area contributed by atoms with Crippen molar-refractivity contribution in [3.8, 4) is 5.69 Å². The van der Waals surface area contributed by atoms with E-state index in [0.29, 0.717) is 18.8 Å². The van der Waals surface area contributed by atoms with E-state index in [2.05, 4.69) is 10.3 Å². The van der Waals surface area contributed by atoms with Gasteiger partial charge in [0, 0.05) is 30.7 Å². The average molecular weight is 478 g/mol. The van der Waals surface area contributed by atoms with Gasteiger partial charge in [0.25, 0.3) is 5.91 Å². The predicted molar refractivity (Wildman–Crippen MR) is 116 cm³/mol. The fourth-order valence-corrected chi connectivity index (χ4v) is 5.11. The van der Waals surface area contributed by atoms with E-state index in [-0.39, 0.29) is 16.3 Å². The first-order valence-corrected chi connectivity index (χ1v) is 11.7. The molecule has 0 aliphatic carbocycles. The molecule has 1 aromatic heterocycles. The molecule has 1 saturated heterocycles. The van der Waals surface area contributed by atoms with Gasteiger partial charge in [-0.2, -0.15) is 17.5 Å². The summed E-state index contributed by atoms with van der Waals surface area (Å²) in [6.07, 6.45) is 0.979. The maximum absolute atomic E-state index is 12.9. The molecule has 33 heavy (non-hydrogen) atoms. The molecule has 0 spiro atoms. The van der Waals surface area contributed by atoms with Crippen molar-refractivity contribution in [2.45, 2.75) is 30.3 Å². The Kier molecular flexibility index (Phi) is 6.26. The van der Waals surface area contributed by atoms with Gasteiger partial charge in [0.05, 0.1) is 10.5 Å². The van der Waals surface area contributed by atoms with E-state index in [1.54, 1.807) is 12.1 Å². The summed E-state index contributed by atoms with van der Waals surface area (Å²) in [5.41, 5.74) is -0.294. The van der Waals surface area contributed by atoms with Crippen LogP contribution in [-0.2, 0) is 16.2 Å². The smallest absolute Gasteiger partial charge is 0.321 e. The molecule has 7 nitrogen and oxygen atoms in total. The molecule has 1 amide bonds. The maximum atomic E-state index is 12.9. The highest BCUT2D eigenvalue weighted by Gasteiger charge is 2.30. The fraction of sp³-hybridized carbons (Fsp3) is 0.273. The average Bonchev–Trinajstić information content (AvgIpc) is 3.30. The second-order valence-corrected chi connectivity index (χ2v) is 9.60. The molecule has 0 radical (unpaired) electrons. The highest BCUT2D eigenvalue weighted by atomic mass is 32.2. The number of nitrogens with one attached hydrogen (secondary N) is 1. The van der Waals surface area contributed by atoms with Crippen LogP contribution in [0.1, 0.15) is 35.3 Å². The molecule has 1 fully saturated rings. The molecule has 0 saturated carbocycles. The molecule has 4 rings (SSSR count). The Balaban J connectivity index is 1.47. The Morgan fingerprint density at radius 3 is 2.36 bits per heavy atom. The number of anilines is 1. The lowest BCUT2D eigenvalue weighted by atomic mass is 10.2. The maximum Gasteiger partial charge on any atom is 0.416 e. The van der Waals surface area contributed by atoms with Gasteiger partial charge in [-0.3, -0.25) is 4.79 Å². The van der Waals surface area contributed by atoms with Crippen LogP contribution in [0.5, 0.6) is 0 Å². The number of hydrogen-bond acceptors (Lipinski definition) is 4. The number of sulfonamides is 1. The zero-order valence-electron chi connectivity index (χ0n) is 17.4. The van der Waals surface area contributed by atoms with Gasteiger partial charge in [-0.25, -0.2) is 13.4 Å². The fourth-order valence-electron chi connectivity index (χ4n) is 3.59. The van der Waals surface area contributed by atoms with Gasteiger partial charge in [0.15, 0.2) is 0 Å². The molecule has 3 aromatic rings. The van der Waals surface area contributed by atoms with Gasteiger partial charge in [0.1, 0.15) is 12.0 Å². The zero-order chi connectivity index (χ0) is 23.6.